The number of thiazole rings is 1. The van der Waals surface area contributed by atoms with Crippen molar-refractivity contribution in [1.29, 1.82) is 0 Å². The normalized spacial score (nSPS) is 11.5. The van der Waals surface area contributed by atoms with Gasteiger partial charge in [-0.1, -0.05) is 0 Å². The lowest BCUT2D eigenvalue weighted by Gasteiger charge is -2.05. The number of anilines is 1. The van der Waals surface area contributed by atoms with Crippen LogP contribution in [0.4, 0.5) is 5.95 Å². The van der Waals surface area contributed by atoms with Crippen molar-refractivity contribution in [2.75, 3.05) is 5.43 Å². The quantitative estimate of drug-likeness (QED) is 0.525. The number of nitrogen functional groups attached to an aromatic ring is 1. The maximum atomic E-state index is 11.9. The van der Waals surface area contributed by atoms with Gasteiger partial charge in [0, 0.05) is 11.1 Å². The molecule has 8 nitrogen and oxygen atoms in total. The second-order valence-corrected chi connectivity index (χ2v) is 6.66. The van der Waals surface area contributed by atoms with E-state index in [0.29, 0.717) is 5.01 Å². The maximum Gasteiger partial charge on any atom is 0.244 e. The fraction of sp³-hybridized carbons (Fsp3) is 0.222. The molecule has 0 bridgehead atoms. The van der Waals surface area contributed by atoms with Crippen molar-refractivity contribution >= 4 is 27.3 Å². The van der Waals surface area contributed by atoms with Gasteiger partial charge in [-0.2, -0.15) is 0 Å². The van der Waals surface area contributed by atoms with Crippen molar-refractivity contribution in [2.24, 2.45) is 5.84 Å². The molecule has 0 amide bonds. The summed E-state index contributed by atoms with van der Waals surface area (Å²) in [5.74, 6) is 5.25. The van der Waals surface area contributed by atoms with Crippen LogP contribution in [0.5, 0.6) is 0 Å². The SMILES string of the molecule is Cc1cnc(CNS(=O)(=O)c2cnc(NN)nc2)s1. The number of hydrogen-bond acceptors (Lipinski definition) is 8. The number of aromatic nitrogens is 3. The topological polar surface area (TPSA) is 123 Å². The minimum atomic E-state index is -3.65. The monoisotopic (exact) mass is 300 g/mol. The third kappa shape index (κ3) is 3.44. The molecule has 0 aliphatic rings. The highest BCUT2D eigenvalue weighted by molar-refractivity contribution is 7.89. The van der Waals surface area contributed by atoms with Crippen LogP contribution in [-0.2, 0) is 16.6 Å². The van der Waals surface area contributed by atoms with E-state index in [9.17, 15) is 8.42 Å². The highest BCUT2D eigenvalue weighted by Gasteiger charge is 2.15. The summed E-state index contributed by atoms with van der Waals surface area (Å²) in [5.41, 5.74) is 2.22. The largest absolute Gasteiger partial charge is 0.292 e. The van der Waals surface area contributed by atoms with Gasteiger partial charge in [-0.25, -0.2) is 33.9 Å². The Bertz CT molecular complexity index is 652. The molecular formula is C9H12N6O2S2. The average Bonchev–Trinajstić information content (AvgIpc) is 2.82. The van der Waals surface area contributed by atoms with Crippen LogP contribution >= 0.6 is 11.3 Å². The third-order valence-corrected chi connectivity index (χ3v) is 4.42. The second-order valence-electron chi connectivity index (χ2n) is 3.58. The molecule has 2 aromatic heterocycles. The minimum absolute atomic E-state index is 0.0280. The standard InChI is InChI=1S/C9H12N6O2S2/c1-6-2-11-8(18-6)5-14-19(16,17)7-3-12-9(15-10)13-4-7/h2-4,14H,5,10H2,1H3,(H,12,13,15). The van der Waals surface area contributed by atoms with E-state index in [1.165, 1.54) is 23.7 Å². The molecule has 0 saturated carbocycles. The van der Waals surface area contributed by atoms with E-state index < -0.39 is 10.0 Å². The van der Waals surface area contributed by atoms with Crippen molar-refractivity contribution in [3.63, 3.8) is 0 Å². The van der Waals surface area contributed by atoms with E-state index in [1.807, 2.05) is 6.92 Å². The van der Waals surface area contributed by atoms with Crippen LogP contribution in [0, 0.1) is 6.92 Å². The molecule has 10 heteroatoms. The Morgan fingerprint density at radius 3 is 2.47 bits per heavy atom. The Morgan fingerprint density at radius 2 is 1.95 bits per heavy atom. The number of nitrogens with two attached hydrogens (primary N) is 1. The van der Waals surface area contributed by atoms with Crippen molar-refractivity contribution in [3.05, 3.63) is 28.5 Å². The predicted octanol–water partition coefficient (Wildman–Crippen LogP) is 0.00562. The highest BCUT2D eigenvalue weighted by Crippen LogP contribution is 2.12. The molecule has 0 unspecified atom stereocenters. The van der Waals surface area contributed by atoms with Gasteiger partial charge >= 0.3 is 0 Å². The van der Waals surface area contributed by atoms with Crippen LogP contribution < -0.4 is 16.0 Å². The summed E-state index contributed by atoms with van der Waals surface area (Å²) in [6.07, 6.45) is 4.05. The first-order chi connectivity index (χ1) is 9.01. The number of nitrogens with one attached hydrogen (secondary N) is 2. The number of hydrazine groups is 1. The van der Waals surface area contributed by atoms with Gasteiger partial charge in [-0.3, -0.25) is 5.43 Å². The minimum Gasteiger partial charge on any atom is -0.292 e. The van der Waals surface area contributed by atoms with Gasteiger partial charge in [-0.05, 0) is 6.92 Å². The first-order valence-electron chi connectivity index (χ1n) is 5.21. The highest BCUT2D eigenvalue weighted by atomic mass is 32.2. The molecule has 4 N–H and O–H groups in total. The van der Waals surface area contributed by atoms with Gasteiger partial charge in [0.05, 0.1) is 18.9 Å². The first-order valence-corrected chi connectivity index (χ1v) is 7.51. The summed E-state index contributed by atoms with van der Waals surface area (Å²) in [6.45, 7) is 2.04. The van der Waals surface area contributed by atoms with E-state index in [4.69, 9.17) is 5.84 Å². The molecule has 2 heterocycles. The molecule has 0 fully saturated rings. The molecule has 0 aromatic carbocycles. The molecule has 102 valence electrons. The molecule has 19 heavy (non-hydrogen) atoms. The van der Waals surface area contributed by atoms with Crippen molar-refractivity contribution < 1.29 is 8.42 Å². The van der Waals surface area contributed by atoms with Crippen LogP contribution in [-0.4, -0.2) is 23.4 Å². The second kappa shape index (κ2) is 5.57. The van der Waals surface area contributed by atoms with E-state index in [0.717, 1.165) is 4.88 Å². The van der Waals surface area contributed by atoms with Crippen molar-refractivity contribution in [2.45, 2.75) is 18.4 Å². The lowest BCUT2D eigenvalue weighted by molar-refractivity contribution is 0.580. The molecule has 0 atom stereocenters. The number of hydrogen-bond donors (Lipinski definition) is 3. The summed E-state index contributed by atoms with van der Waals surface area (Å²) in [4.78, 5) is 12.6. The number of rotatable bonds is 5. The molecule has 0 saturated heterocycles. The molecule has 2 aromatic rings. The Kier molecular flexibility index (Phi) is 4.04. The van der Waals surface area contributed by atoms with Crippen LogP contribution in [0.25, 0.3) is 0 Å². The molecule has 2 rings (SSSR count). The Hall–Kier alpha value is -1.62. The Morgan fingerprint density at radius 1 is 1.26 bits per heavy atom. The van der Waals surface area contributed by atoms with Gasteiger partial charge in [-0.15, -0.1) is 11.3 Å². The molecule has 0 aliphatic heterocycles. The zero-order valence-corrected chi connectivity index (χ0v) is 11.6. The summed E-state index contributed by atoms with van der Waals surface area (Å²) < 4.78 is 26.3. The predicted molar refractivity (Wildman–Crippen MR) is 70.7 cm³/mol. The van der Waals surface area contributed by atoms with E-state index >= 15 is 0 Å². The molecule has 0 radical (unpaired) electrons. The lowest BCUT2D eigenvalue weighted by Crippen LogP contribution is -2.23. The fourth-order valence-corrected chi connectivity index (χ4v) is 2.95. The van der Waals surface area contributed by atoms with Gasteiger partial charge in [0.1, 0.15) is 9.90 Å². The van der Waals surface area contributed by atoms with Crippen LogP contribution in [0.1, 0.15) is 9.88 Å². The average molecular weight is 300 g/mol. The van der Waals surface area contributed by atoms with Crippen molar-refractivity contribution in [3.8, 4) is 0 Å². The van der Waals surface area contributed by atoms with Crippen LogP contribution in [0.3, 0.4) is 0 Å². The van der Waals surface area contributed by atoms with Crippen LogP contribution in [0.2, 0.25) is 0 Å². The van der Waals surface area contributed by atoms with E-state index in [1.54, 1.807) is 6.20 Å². The molecule has 0 aliphatic carbocycles. The molecular weight excluding hydrogens is 288 g/mol. The first kappa shape index (κ1) is 13.8. The van der Waals surface area contributed by atoms with Crippen molar-refractivity contribution in [1.82, 2.24) is 19.7 Å². The fourth-order valence-electron chi connectivity index (χ4n) is 1.25. The van der Waals surface area contributed by atoms with Gasteiger partial charge in [0.15, 0.2) is 0 Å². The molecule has 0 spiro atoms. The Labute approximate surface area is 114 Å². The van der Waals surface area contributed by atoms with E-state index in [2.05, 4.69) is 25.1 Å². The maximum absolute atomic E-state index is 11.9. The Balaban J connectivity index is 2.09. The van der Waals surface area contributed by atoms with Gasteiger partial charge in [0.2, 0.25) is 16.0 Å². The number of aryl methyl sites for hydroxylation is 1. The zero-order chi connectivity index (χ0) is 13.9. The number of nitrogens with zero attached hydrogens (tertiary/aromatic N) is 3. The third-order valence-electron chi connectivity index (χ3n) is 2.15. The van der Waals surface area contributed by atoms with Crippen LogP contribution in [0.15, 0.2) is 23.5 Å². The zero-order valence-electron chi connectivity index (χ0n) is 9.99. The van der Waals surface area contributed by atoms with E-state index in [-0.39, 0.29) is 17.4 Å². The summed E-state index contributed by atoms with van der Waals surface area (Å²) >= 11 is 1.43. The summed E-state index contributed by atoms with van der Waals surface area (Å²) in [7, 11) is -3.65. The number of sulfonamides is 1. The smallest absolute Gasteiger partial charge is 0.244 e. The lowest BCUT2D eigenvalue weighted by atomic mass is 10.6. The van der Waals surface area contributed by atoms with Gasteiger partial charge in [0.25, 0.3) is 0 Å². The van der Waals surface area contributed by atoms with Gasteiger partial charge < -0.3 is 0 Å². The summed E-state index contributed by atoms with van der Waals surface area (Å²) in [5, 5.41) is 0.697. The summed E-state index contributed by atoms with van der Waals surface area (Å²) in [6, 6.07) is 0.